The van der Waals surface area contributed by atoms with Gasteiger partial charge in [0.15, 0.2) is 0 Å². The van der Waals surface area contributed by atoms with Crippen molar-refractivity contribution in [2.45, 2.75) is 19.8 Å². The largest absolute Gasteiger partial charge is 0.497 e. The second-order valence-corrected chi connectivity index (χ2v) is 5.02. The molecule has 6 nitrogen and oxygen atoms in total. The second-order valence-electron chi connectivity index (χ2n) is 4.61. The number of rotatable bonds is 7. The summed E-state index contributed by atoms with van der Waals surface area (Å²) in [5.41, 5.74) is 0.451. The maximum absolute atomic E-state index is 11.7. The number of ether oxygens (including phenoxy) is 1. The van der Waals surface area contributed by atoms with E-state index in [2.05, 4.69) is 10.6 Å². The Morgan fingerprint density at radius 3 is 2.76 bits per heavy atom. The van der Waals surface area contributed by atoms with Gasteiger partial charge in [-0.2, -0.15) is 0 Å². The number of amides is 2. The summed E-state index contributed by atoms with van der Waals surface area (Å²) in [4.78, 5) is 22.3. The highest BCUT2D eigenvalue weighted by Crippen LogP contribution is 2.26. The highest BCUT2D eigenvalue weighted by atomic mass is 35.5. The van der Waals surface area contributed by atoms with Gasteiger partial charge in [-0.05, 0) is 25.0 Å². The minimum absolute atomic E-state index is 0.394. The Labute approximate surface area is 128 Å². The number of methoxy groups -OCH3 is 1. The number of carbonyl (C=O) groups excluding carboxylic acids is 1. The van der Waals surface area contributed by atoms with Gasteiger partial charge in [0.1, 0.15) is 5.75 Å². The lowest BCUT2D eigenvalue weighted by molar-refractivity contribution is -0.141. The minimum Gasteiger partial charge on any atom is -0.497 e. The highest BCUT2D eigenvalue weighted by Gasteiger charge is 2.10. The quantitative estimate of drug-likeness (QED) is 0.675. The van der Waals surface area contributed by atoms with E-state index < -0.39 is 17.9 Å². The number of carboxylic acids is 1. The normalized spacial score (nSPS) is 11.6. The van der Waals surface area contributed by atoms with Gasteiger partial charge in [-0.1, -0.05) is 18.5 Å². The maximum Gasteiger partial charge on any atom is 0.319 e. The first-order chi connectivity index (χ1) is 9.93. The van der Waals surface area contributed by atoms with Gasteiger partial charge in [0.05, 0.1) is 23.7 Å². The summed E-state index contributed by atoms with van der Waals surface area (Å²) in [5.74, 6) is -0.657. The van der Waals surface area contributed by atoms with Crippen molar-refractivity contribution in [3.63, 3.8) is 0 Å². The van der Waals surface area contributed by atoms with Gasteiger partial charge in [-0.15, -0.1) is 0 Å². The summed E-state index contributed by atoms with van der Waals surface area (Å²) in [5, 5.41) is 14.4. The molecule has 1 aromatic rings. The van der Waals surface area contributed by atoms with Gasteiger partial charge in [0, 0.05) is 12.6 Å². The molecule has 0 bridgehead atoms. The van der Waals surface area contributed by atoms with E-state index in [9.17, 15) is 9.59 Å². The zero-order chi connectivity index (χ0) is 15.8. The number of anilines is 1. The number of halogens is 1. The lowest BCUT2D eigenvalue weighted by Gasteiger charge is -2.11. The zero-order valence-corrected chi connectivity index (χ0v) is 12.7. The van der Waals surface area contributed by atoms with Crippen molar-refractivity contribution in [2.24, 2.45) is 5.92 Å². The molecule has 0 aromatic heterocycles. The van der Waals surface area contributed by atoms with Crippen molar-refractivity contribution >= 4 is 29.3 Å². The molecule has 0 aliphatic rings. The first-order valence-electron chi connectivity index (χ1n) is 6.55. The molecule has 0 heterocycles. The third kappa shape index (κ3) is 5.91. The number of urea groups is 1. The van der Waals surface area contributed by atoms with Crippen LogP contribution in [-0.2, 0) is 4.79 Å². The smallest absolute Gasteiger partial charge is 0.319 e. The number of hydrogen-bond donors (Lipinski definition) is 3. The van der Waals surface area contributed by atoms with E-state index in [4.69, 9.17) is 21.4 Å². The monoisotopic (exact) mass is 314 g/mol. The van der Waals surface area contributed by atoms with Crippen LogP contribution >= 0.6 is 11.6 Å². The summed E-state index contributed by atoms with van der Waals surface area (Å²) in [6, 6.07) is 4.55. The van der Waals surface area contributed by atoms with Crippen LogP contribution in [0.15, 0.2) is 18.2 Å². The fraction of sp³-hybridized carbons (Fsp3) is 0.429. The lowest BCUT2D eigenvalue weighted by Crippen LogP contribution is -2.30. The molecular weight excluding hydrogens is 296 g/mol. The van der Waals surface area contributed by atoms with Gasteiger partial charge in [-0.25, -0.2) is 4.79 Å². The molecule has 21 heavy (non-hydrogen) atoms. The molecule has 7 heteroatoms. The summed E-state index contributed by atoms with van der Waals surface area (Å²) >= 11 is 5.97. The molecule has 0 radical (unpaired) electrons. The Morgan fingerprint density at radius 1 is 1.43 bits per heavy atom. The predicted octanol–water partition coefficient (Wildman–Crippen LogP) is 2.97. The van der Waals surface area contributed by atoms with Crippen LogP contribution in [0.3, 0.4) is 0 Å². The fourth-order valence-electron chi connectivity index (χ4n) is 1.63. The summed E-state index contributed by atoms with van der Waals surface area (Å²) in [6.07, 6.45) is 1.10. The summed E-state index contributed by atoms with van der Waals surface area (Å²) in [7, 11) is 1.52. The number of nitrogens with one attached hydrogen (secondary N) is 2. The summed E-state index contributed by atoms with van der Waals surface area (Å²) in [6.45, 7) is 2.03. The molecule has 116 valence electrons. The average molecular weight is 315 g/mol. The van der Waals surface area contributed by atoms with Crippen LogP contribution in [0.2, 0.25) is 5.02 Å². The Kier molecular flexibility index (Phi) is 6.81. The highest BCUT2D eigenvalue weighted by molar-refractivity contribution is 6.33. The fourth-order valence-corrected chi connectivity index (χ4v) is 1.79. The van der Waals surface area contributed by atoms with Crippen LogP contribution in [0.5, 0.6) is 5.75 Å². The predicted molar refractivity (Wildman–Crippen MR) is 81.1 cm³/mol. The van der Waals surface area contributed by atoms with Crippen molar-refractivity contribution in [2.75, 3.05) is 19.0 Å². The van der Waals surface area contributed by atoms with E-state index in [-0.39, 0.29) is 0 Å². The third-order valence-corrected chi connectivity index (χ3v) is 3.27. The van der Waals surface area contributed by atoms with Gasteiger partial charge >= 0.3 is 12.0 Å². The van der Waals surface area contributed by atoms with E-state index >= 15 is 0 Å². The Morgan fingerprint density at radius 2 is 2.14 bits per heavy atom. The SMILES string of the molecule is COc1ccc(Cl)c(NC(=O)NCCCC(C)C(=O)O)c1. The summed E-state index contributed by atoms with van der Waals surface area (Å²) < 4.78 is 5.05. The van der Waals surface area contributed by atoms with Crippen molar-refractivity contribution in [1.29, 1.82) is 0 Å². The number of benzene rings is 1. The molecule has 0 spiro atoms. The van der Waals surface area contributed by atoms with Crippen LogP contribution in [-0.4, -0.2) is 30.8 Å². The van der Waals surface area contributed by atoms with Crippen LogP contribution in [0.25, 0.3) is 0 Å². The molecule has 0 aliphatic carbocycles. The van der Waals surface area contributed by atoms with Crippen LogP contribution in [0.4, 0.5) is 10.5 Å². The number of carbonyl (C=O) groups is 2. The molecule has 3 N–H and O–H groups in total. The van der Waals surface area contributed by atoms with E-state index in [1.165, 1.54) is 7.11 Å². The lowest BCUT2D eigenvalue weighted by atomic mass is 10.1. The van der Waals surface area contributed by atoms with Gasteiger partial charge in [0.2, 0.25) is 0 Å². The van der Waals surface area contributed by atoms with E-state index in [0.29, 0.717) is 35.8 Å². The van der Waals surface area contributed by atoms with Gasteiger partial charge in [-0.3, -0.25) is 4.79 Å². The van der Waals surface area contributed by atoms with E-state index in [0.717, 1.165) is 0 Å². The number of hydrogen-bond acceptors (Lipinski definition) is 3. The first-order valence-corrected chi connectivity index (χ1v) is 6.93. The topological polar surface area (TPSA) is 87.7 Å². The standard InChI is InChI=1S/C14H19ClN2O4/c1-9(13(18)19)4-3-7-16-14(20)17-12-8-10(21-2)5-6-11(12)15/h5-6,8-9H,3-4,7H2,1-2H3,(H,18,19)(H2,16,17,20). The Balaban J connectivity index is 2.39. The molecule has 1 atom stereocenters. The molecule has 0 fully saturated rings. The van der Waals surface area contributed by atoms with Crippen molar-refractivity contribution in [3.05, 3.63) is 23.2 Å². The van der Waals surface area contributed by atoms with Crippen LogP contribution < -0.4 is 15.4 Å². The zero-order valence-electron chi connectivity index (χ0n) is 12.0. The van der Waals surface area contributed by atoms with E-state index in [1.807, 2.05) is 0 Å². The maximum atomic E-state index is 11.7. The number of carboxylic acid groups (broad SMARTS) is 1. The average Bonchev–Trinajstić information content (AvgIpc) is 2.45. The third-order valence-electron chi connectivity index (χ3n) is 2.94. The molecule has 1 unspecified atom stereocenters. The number of aliphatic carboxylic acids is 1. The van der Waals surface area contributed by atoms with E-state index in [1.54, 1.807) is 25.1 Å². The molecule has 1 aromatic carbocycles. The molecule has 1 rings (SSSR count). The Hall–Kier alpha value is -1.95. The Bertz CT molecular complexity index is 508. The molecular formula is C14H19ClN2O4. The molecule has 0 aliphatic heterocycles. The van der Waals surface area contributed by atoms with Crippen molar-refractivity contribution in [3.8, 4) is 5.75 Å². The van der Waals surface area contributed by atoms with Crippen LogP contribution in [0, 0.1) is 5.92 Å². The molecule has 2 amide bonds. The van der Waals surface area contributed by atoms with Crippen LogP contribution in [0.1, 0.15) is 19.8 Å². The minimum atomic E-state index is -0.831. The molecule has 0 saturated carbocycles. The van der Waals surface area contributed by atoms with Gasteiger partial charge in [0.25, 0.3) is 0 Å². The van der Waals surface area contributed by atoms with Gasteiger partial charge < -0.3 is 20.5 Å². The molecule has 0 saturated heterocycles. The van der Waals surface area contributed by atoms with Crippen molar-refractivity contribution < 1.29 is 19.4 Å². The first kappa shape index (κ1) is 17.1. The van der Waals surface area contributed by atoms with Crippen molar-refractivity contribution in [1.82, 2.24) is 5.32 Å². The second kappa shape index (κ2) is 8.36.